The number of benzene rings is 1. The summed E-state index contributed by atoms with van der Waals surface area (Å²) in [5.41, 5.74) is 2.84. The zero-order chi connectivity index (χ0) is 13.8. The van der Waals surface area contributed by atoms with Crippen LogP contribution in [0.4, 0.5) is 0 Å². The summed E-state index contributed by atoms with van der Waals surface area (Å²) < 4.78 is 7.65. The summed E-state index contributed by atoms with van der Waals surface area (Å²) in [5, 5.41) is 10.5. The van der Waals surface area contributed by atoms with E-state index in [1.165, 1.54) is 0 Å². The number of ether oxygens (including phenoxy) is 1. The molecule has 3 rings (SSSR count). The van der Waals surface area contributed by atoms with Gasteiger partial charge in [0, 0.05) is 7.05 Å². The molecule has 0 saturated heterocycles. The highest BCUT2D eigenvalue weighted by molar-refractivity contribution is 5.52. The van der Waals surface area contributed by atoms with E-state index in [0.29, 0.717) is 13.2 Å². The maximum absolute atomic E-state index is 5.69. The largest absolute Gasteiger partial charge is 0.369 e. The Labute approximate surface area is 116 Å². The molecule has 0 amide bonds. The van der Waals surface area contributed by atoms with Crippen LogP contribution in [0.25, 0.3) is 11.4 Å². The highest BCUT2D eigenvalue weighted by atomic mass is 16.5. The highest BCUT2D eigenvalue weighted by Crippen LogP contribution is 2.16. The molecular formula is C14H15N5O. The number of aromatic nitrogens is 5. The Kier molecular flexibility index (Phi) is 3.56. The fraction of sp³-hybridized carbons (Fsp3) is 0.214. The van der Waals surface area contributed by atoms with Crippen LogP contribution in [0.15, 0.2) is 42.7 Å². The number of hydrogen-bond acceptors (Lipinski definition) is 4. The predicted octanol–water partition coefficient (Wildman–Crippen LogP) is 1.92. The first-order valence-electron chi connectivity index (χ1n) is 6.33. The van der Waals surface area contributed by atoms with Crippen LogP contribution in [0.1, 0.15) is 11.4 Å². The summed E-state index contributed by atoms with van der Waals surface area (Å²) in [6.07, 6.45) is 3.45. The van der Waals surface area contributed by atoms with E-state index in [4.69, 9.17) is 4.74 Å². The van der Waals surface area contributed by atoms with Crippen molar-refractivity contribution in [1.82, 2.24) is 25.0 Å². The maximum atomic E-state index is 5.69. The van der Waals surface area contributed by atoms with Crippen molar-refractivity contribution in [3.05, 3.63) is 54.1 Å². The van der Waals surface area contributed by atoms with Crippen molar-refractivity contribution in [3.8, 4) is 11.4 Å². The van der Waals surface area contributed by atoms with Crippen molar-refractivity contribution in [2.45, 2.75) is 13.2 Å². The molecule has 2 aromatic heterocycles. The molecule has 6 heteroatoms. The van der Waals surface area contributed by atoms with Crippen LogP contribution >= 0.6 is 0 Å². The summed E-state index contributed by atoms with van der Waals surface area (Å²) in [6, 6.07) is 10.1. The number of aromatic amines is 1. The first kappa shape index (κ1) is 12.6. The molecule has 0 bridgehead atoms. The third-order valence-electron chi connectivity index (χ3n) is 3.10. The minimum atomic E-state index is 0.462. The first-order valence-corrected chi connectivity index (χ1v) is 6.33. The van der Waals surface area contributed by atoms with Gasteiger partial charge in [-0.2, -0.15) is 15.4 Å². The van der Waals surface area contributed by atoms with Crippen molar-refractivity contribution in [2.75, 3.05) is 0 Å². The molecule has 0 aliphatic carbocycles. The Morgan fingerprint density at radius 3 is 2.75 bits per heavy atom. The van der Waals surface area contributed by atoms with Crippen LogP contribution in [0.3, 0.4) is 0 Å². The topological polar surface area (TPSA) is 68.6 Å². The molecule has 1 N–H and O–H groups in total. The molecule has 0 saturated carbocycles. The van der Waals surface area contributed by atoms with E-state index in [1.54, 1.807) is 12.4 Å². The second-order valence-corrected chi connectivity index (χ2v) is 4.45. The first-order chi connectivity index (χ1) is 9.84. The van der Waals surface area contributed by atoms with Crippen molar-refractivity contribution in [3.63, 3.8) is 0 Å². The molecule has 0 unspecified atom stereocenters. The van der Waals surface area contributed by atoms with Gasteiger partial charge in [0.25, 0.3) is 0 Å². The van der Waals surface area contributed by atoms with Gasteiger partial charge in [0.2, 0.25) is 0 Å². The van der Waals surface area contributed by atoms with Gasteiger partial charge in [-0.15, -0.1) is 0 Å². The minimum Gasteiger partial charge on any atom is -0.369 e. The normalized spacial score (nSPS) is 10.8. The summed E-state index contributed by atoms with van der Waals surface area (Å²) in [7, 11) is 1.94. The molecule has 1 aromatic carbocycles. The van der Waals surface area contributed by atoms with E-state index in [2.05, 4.69) is 20.4 Å². The van der Waals surface area contributed by atoms with Crippen LogP contribution in [0.2, 0.25) is 0 Å². The fourth-order valence-electron chi connectivity index (χ4n) is 1.98. The Bertz CT molecular complexity index is 660. The molecule has 0 aliphatic rings. The van der Waals surface area contributed by atoms with E-state index in [9.17, 15) is 0 Å². The van der Waals surface area contributed by atoms with Gasteiger partial charge in [0.1, 0.15) is 18.1 Å². The third-order valence-corrected chi connectivity index (χ3v) is 3.10. The lowest BCUT2D eigenvalue weighted by Crippen LogP contribution is -2.03. The van der Waals surface area contributed by atoms with E-state index in [-0.39, 0.29) is 0 Å². The lowest BCUT2D eigenvalue weighted by Gasteiger charge is -2.06. The van der Waals surface area contributed by atoms with Gasteiger partial charge in [0.05, 0.1) is 24.7 Å². The Morgan fingerprint density at radius 1 is 1.15 bits per heavy atom. The standard InChI is InChI=1S/C14H15N5O/c1-19-13(12-7-16-18-17-12)8-15-14(19)10-20-9-11-5-3-2-4-6-11/h2-8H,9-10H2,1H3,(H,16,17,18). The van der Waals surface area contributed by atoms with Crippen molar-refractivity contribution >= 4 is 0 Å². The molecule has 0 spiro atoms. The summed E-state index contributed by atoms with van der Waals surface area (Å²) in [4.78, 5) is 4.36. The van der Waals surface area contributed by atoms with Gasteiger partial charge in [-0.3, -0.25) is 0 Å². The zero-order valence-electron chi connectivity index (χ0n) is 11.2. The summed E-state index contributed by atoms with van der Waals surface area (Å²) >= 11 is 0. The molecule has 102 valence electrons. The van der Waals surface area contributed by atoms with Crippen LogP contribution in [-0.4, -0.2) is 25.0 Å². The number of nitrogens with one attached hydrogen (secondary N) is 1. The average molecular weight is 269 g/mol. The quantitative estimate of drug-likeness (QED) is 0.768. The lowest BCUT2D eigenvalue weighted by molar-refractivity contribution is 0.100. The van der Waals surface area contributed by atoms with Crippen LogP contribution < -0.4 is 0 Å². The van der Waals surface area contributed by atoms with Crippen molar-refractivity contribution < 1.29 is 4.74 Å². The van der Waals surface area contributed by atoms with E-state index >= 15 is 0 Å². The summed E-state index contributed by atoms with van der Waals surface area (Å²) in [6.45, 7) is 1.04. The van der Waals surface area contributed by atoms with Gasteiger partial charge >= 0.3 is 0 Å². The van der Waals surface area contributed by atoms with Gasteiger partial charge in [-0.25, -0.2) is 4.98 Å². The van der Waals surface area contributed by atoms with E-state index < -0.39 is 0 Å². The molecule has 3 aromatic rings. The number of nitrogens with zero attached hydrogens (tertiary/aromatic N) is 4. The van der Waals surface area contributed by atoms with Crippen molar-refractivity contribution in [1.29, 1.82) is 0 Å². The monoisotopic (exact) mass is 269 g/mol. The molecule has 0 radical (unpaired) electrons. The number of rotatable bonds is 5. The molecule has 0 atom stereocenters. The zero-order valence-corrected chi connectivity index (χ0v) is 11.2. The third kappa shape index (κ3) is 2.60. The predicted molar refractivity (Wildman–Crippen MR) is 73.5 cm³/mol. The van der Waals surface area contributed by atoms with Crippen molar-refractivity contribution in [2.24, 2.45) is 7.05 Å². The lowest BCUT2D eigenvalue weighted by atomic mass is 10.2. The second-order valence-electron chi connectivity index (χ2n) is 4.45. The number of imidazole rings is 1. The minimum absolute atomic E-state index is 0.462. The van der Waals surface area contributed by atoms with Crippen LogP contribution in [0, 0.1) is 0 Å². The SMILES string of the molecule is Cn1c(-c2cn[nH]n2)cnc1COCc1ccccc1. The Balaban J connectivity index is 1.64. The van der Waals surface area contributed by atoms with Crippen LogP contribution in [0.5, 0.6) is 0 Å². The molecule has 0 fully saturated rings. The van der Waals surface area contributed by atoms with Gasteiger partial charge in [-0.1, -0.05) is 30.3 Å². The maximum Gasteiger partial charge on any atom is 0.135 e. The highest BCUT2D eigenvalue weighted by Gasteiger charge is 2.10. The van der Waals surface area contributed by atoms with Gasteiger partial charge in [-0.05, 0) is 5.56 Å². The Hall–Kier alpha value is -2.47. The molecule has 6 nitrogen and oxygen atoms in total. The fourth-order valence-corrected chi connectivity index (χ4v) is 1.98. The molecule has 20 heavy (non-hydrogen) atoms. The number of H-pyrrole nitrogens is 1. The average Bonchev–Trinajstić information content (AvgIpc) is 3.11. The number of hydrogen-bond donors (Lipinski definition) is 1. The molecule has 2 heterocycles. The van der Waals surface area contributed by atoms with Gasteiger partial charge in [0.15, 0.2) is 0 Å². The Morgan fingerprint density at radius 2 is 2.00 bits per heavy atom. The summed E-state index contributed by atoms with van der Waals surface area (Å²) in [5.74, 6) is 0.860. The second kappa shape index (κ2) is 5.66. The van der Waals surface area contributed by atoms with E-state index in [1.807, 2.05) is 41.9 Å². The molecule has 0 aliphatic heterocycles. The van der Waals surface area contributed by atoms with E-state index in [0.717, 1.165) is 22.8 Å². The van der Waals surface area contributed by atoms with Gasteiger partial charge < -0.3 is 9.30 Å². The van der Waals surface area contributed by atoms with Crippen LogP contribution in [-0.2, 0) is 25.0 Å². The molecular weight excluding hydrogens is 254 g/mol. The smallest absolute Gasteiger partial charge is 0.135 e.